The topological polar surface area (TPSA) is 48.5 Å². The van der Waals surface area contributed by atoms with Crippen LogP contribution in [0.25, 0.3) is 0 Å². The van der Waals surface area contributed by atoms with Gasteiger partial charge in [-0.05, 0) is 63.9 Å². The third kappa shape index (κ3) is 3.00. The SMILES string of the molecule is Cc1cccnc1N1C[C@]2(CC[C@@](c3ccccc3)(N(C)C)CC2)NC1=O. The van der Waals surface area contributed by atoms with E-state index in [1.807, 2.05) is 24.0 Å². The molecule has 0 radical (unpaired) electrons. The average molecular weight is 364 g/mol. The first kappa shape index (κ1) is 18.0. The number of anilines is 1. The van der Waals surface area contributed by atoms with Crippen LogP contribution < -0.4 is 10.2 Å². The van der Waals surface area contributed by atoms with Crippen LogP contribution in [-0.4, -0.2) is 42.1 Å². The molecule has 1 N–H and O–H groups in total. The van der Waals surface area contributed by atoms with E-state index in [9.17, 15) is 4.79 Å². The second kappa shape index (κ2) is 6.64. The predicted octanol–water partition coefficient (Wildman–Crippen LogP) is 3.69. The lowest BCUT2D eigenvalue weighted by Crippen LogP contribution is -2.54. The molecule has 5 heteroatoms. The van der Waals surface area contributed by atoms with E-state index in [-0.39, 0.29) is 17.1 Å². The molecule has 2 fully saturated rings. The second-order valence-electron chi connectivity index (χ2n) is 8.23. The van der Waals surface area contributed by atoms with E-state index in [4.69, 9.17) is 0 Å². The summed E-state index contributed by atoms with van der Waals surface area (Å²) in [4.78, 5) is 21.4. The highest BCUT2D eigenvalue weighted by Gasteiger charge is 2.50. The minimum absolute atomic E-state index is 0.0196. The van der Waals surface area contributed by atoms with E-state index in [1.165, 1.54) is 5.56 Å². The van der Waals surface area contributed by atoms with Gasteiger partial charge < -0.3 is 5.32 Å². The van der Waals surface area contributed by atoms with Crippen LogP contribution in [0, 0.1) is 6.92 Å². The van der Waals surface area contributed by atoms with Gasteiger partial charge in [-0.25, -0.2) is 9.78 Å². The maximum absolute atomic E-state index is 12.7. The largest absolute Gasteiger partial charge is 0.330 e. The monoisotopic (exact) mass is 364 g/mol. The molecular weight excluding hydrogens is 336 g/mol. The minimum atomic E-state index is -0.157. The van der Waals surface area contributed by atoms with Crippen molar-refractivity contribution in [2.45, 2.75) is 43.7 Å². The molecule has 1 aromatic heterocycles. The average Bonchev–Trinajstić information content (AvgIpc) is 2.99. The van der Waals surface area contributed by atoms with Crippen molar-refractivity contribution >= 4 is 11.8 Å². The number of nitrogens with zero attached hydrogens (tertiary/aromatic N) is 3. The number of benzene rings is 1. The molecule has 4 rings (SSSR count). The fourth-order valence-corrected chi connectivity index (χ4v) is 4.81. The van der Waals surface area contributed by atoms with Crippen molar-refractivity contribution in [3.8, 4) is 0 Å². The maximum atomic E-state index is 12.7. The Kier molecular flexibility index (Phi) is 4.42. The summed E-state index contributed by atoms with van der Waals surface area (Å²) >= 11 is 0. The molecule has 1 aromatic carbocycles. The first-order valence-electron chi connectivity index (χ1n) is 9.70. The number of aryl methyl sites for hydroxylation is 1. The Morgan fingerprint density at radius 2 is 1.74 bits per heavy atom. The molecule has 1 saturated heterocycles. The van der Waals surface area contributed by atoms with Gasteiger partial charge >= 0.3 is 6.03 Å². The van der Waals surface area contributed by atoms with Crippen molar-refractivity contribution in [2.24, 2.45) is 0 Å². The standard InChI is InChI=1S/C22H28N4O/c1-17-8-7-15-23-19(17)26-16-21(24-20(26)27)11-13-22(14-12-21,25(2)3)18-9-5-4-6-10-18/h4-10,15H,11-14,16H2,1-3H3,(H,24,27)/t21-,22-. The third-order valence-electron chi connectivity index (χ3n) is 6.52. The van der Waals surface area contributed by atoms with Crippen LogP contribution in [0.2, 0.25) is 0 Å². The summed E-state index contributed by atoms with van der Waals surface area (Å²) < 4.78 is 0. The van der Waals surface area contributed by atoms with E-state index < -0.39 is 0 Å². The summed E-state index contributed by atoms with van der Waals surface area (Å²) in [6.45, 7) is 2.70. The molecule has 2 aromatic rings. The van der Waals surface area contributed by atoms with Gasteiger partial charge in [0.15, 0.2) is 0 Å². The van der Waals surface area contributed by atoms with Gasteiger partial charge in [0.2, 0.25) is 0 Å². The highest BCUT2D eigenvalue weighted by Crippen LogP contribution is 2.46. The van der Waals surface area contributed by atoms with Gasteiger partial charge in [0.1, 0.15) is 5.82 Å². The molecule has 1 spiro atoms. The summed E-state index contributed by atoms with van der Waals surface area (Å²) in [5.41, 5.74) is 2.28. The molecule has 0 bridgehead atoms. The van der Waals surface area contributed by atoms with Gasteiger partial charge in [-0.3, -0.25) is 9.80 Å². The van der Waals surface area contributed by atoms with Crippen LogP contribution in [0.4, 0.5) is 10.6 Å². The molecule has 0 atom stereocenters. The third-order valence-corrected chi connectivity index (χ3v) is 6.52. The molecule has 1 aliphatic carbocycles. The Hall–Kier alpha value is -2.40. The smallest absolute Gasteiger partial charge is 0.323 e. The number of aromatic nitrogens is 1. The molecule has 0 unspecified atom stereocenters. The fraction of sp³-hybridized carbons (Fsp3) is 0.455. The van der Waals surface area contributed by atoms with Crippen molar-refractivity contribution in [3.63, 3.8) is 0 Å². The van der Waals surface area contributed by atoms with E-state index >= 15 is 0 Å². The zero-order valence-electron chi connectivity index (χ0n) is 16.4. The number of nitrogens with one attached hydrogen (secondary N) is 1. The lowest BCUT2D eigenvalue weighted by atomic mass is 9.69. The minimum Gasteiger partial charge on any atom is -0.330 e. The van der Waals surface area contributed by atoms with Gasteiger partial charge in [-0.1, -0.05) is 36.4 Å². The Morgan fingerprint density at radius 3 is 2.37 bits per heavy atom. The van der Waals surface area contributed by atoms with Crippen molar-refractivity contribution in [1.29, 1.82) is 0 Å². The Morgan fingerprint density at radius 1 is 1.04 bits per heavy atom. The number of hydrogen-bond donors (Lipinski definition) is 1. The predicted molar refractivity (Wildman–Crippen MR) is 108 cm³/mol. The Labute approximate surface area is 161 Å². The normalized spacial score (nSPS) is 28.0. The summed E-state index contributed by atoms with van der Waals surface area (Å²) in [6.07, 6.45) is 5.75. The molecule has 1 saturated carbocycles. The van der Waals surface area contributed by atoms with Crippen LogP contribution in [0.15, 0.2) is 48.7 Å². The van der Waals surface area contributed by atoms with Crippen molar-refractivity contribution in [1.82, 2.24) is 15.2 Å². The number of carbonyl (C=O) groups excluding carboxylic acids is 1. The van der Waals surface area contributed by atoms with E-state index in [0.717, 1.165) is 37.1 Å². The zero-order valence-corrected chi connectivity index (χ0v) is 16.4. The number of rotatable bonds is 3. The number of urea groups is 1. The zero-order chi connectivity index (χ0) is 19.1. The summed E-state index contributed by atoms with van der Waals surface area (Å²) in [5.74, 6) is 0.777. The first-order chi connectivity index (χ1) is 13.0. The molecule has 2 heterocycles. The lowest BCUT2D eigenvalue weighted by molar-refractivity contribution is 0.0657. The van der Waals surface area contributed by atoms with Crippen LogP contribution >= 0.6 is 0 Å². The summed E-state index contributed by atoms with van der Waals surface area (Å²) in [5, 5.41) is 3.30. The Balaban J connectivity index is 1.57. The quantitative estimate of drug-likeness (QED) is 0.904. The molecule has 2 aliphatic rings. The maximum Gasteiger partial charge on any atom is 0.323 e. The molecular formula is C22H28N4O. The molecule has 2 amide bonds. The van der Waals surface area contributed by atoms with E-state index in [0.29, 0.717) is 6.54 Å². The number of hydrogen-bond acceptors (Lipinski definition) is 3. The lowest BCUT2D eigenvalue weighted by Gasteiger charge is -2.48. The first-order valence-corrected chi connectivity index (χ1v) is 9.70. The summed E-state index contributed by atoms with van der Waals surface area (Å²) in [6, 6.07) is 14.7. The van der Waals surface area contributed by atoms with Crippen molar-refractivity contribution < 1.29 is 4.79 Å². The van der Waals surface area contributed by atoms with Gasteiger partial charge in [-0.2, -0.15) is 0 Å². The van der Waals surface area contributed by atoms with Gasteiger partial charge in [0, 0.05) is 11.7 Å². The van der Waals surface area contributed by atoms with Crippen LogP contribution in [-0.2, 0) is 5.54 Å². The summed E-state index contributed by atoms with van der Waals surface area (Å²) in [7, 11) is 4.34. The second-order valence-corrected chi connectivity index (χ2v) is 8.23. The highest BCUT2D eigenvalue weighted by molar-refractivity contribution is 5.95. The van der Waals surface area contributed by atoms with Gasteiger partial charge in [-0.15, -0.1) is 0 Å². The van der Waals surface area contributed by atoms with E-state index in [1.54, 1.807) is 6.20 Å². The van der Waals surface area contributed by atoms with Crippen LogP contribution in [0.1, 0.15) is 36.8 Å². The van der Waals surface area contributed by atoms with Crippen LogP contribution in [0.3, 0.4) is 0 Å². The number of pyridine rings is 1. The number of carbonyl (C=O) groups is 1. The van der Waals surface area contributed by atoms with Crippen molar-refractivity contribution in [3.05, 3.63) is 59.8 Å². The number of amides is 2. The molecule has 1 aliphatic heterocycles. The van der Waals surface area contributed by atoms with Crippen molar-refractivity contribution in [2.75, 3.05) is 25.5 Å². The highest BCUT2D eigenvalue weighted by atomic mass is 16.2. The molecule has 142 valence electrons. The van der Waals surface area contributed by atoms with Gasteiger partial charge in [0.05, 0.1) is 12.1 Å². The van der Waals surface area contributed by atoms with Crippen LogP contribution in [0.5, 0.6) is 0 Å². The molecule has 27 heavy (non-hydrogen) atoms. The van der Waals surface area contributed by atoms with Gasteiger partial charge in [0.25, 0.3) is 0 Å². The Bertz CT molecular complexity index is 825. The van der Waals surface area contributed by atoms with E-state index in [2.05, 4.69) is 59.6 Å². The fourth-order valence-electron chi connectivity index (χ4n) is 4.81. The molecule has 5 nitrogen and oxygen atoms in total.